The van der Waals surface area contributed by atoms with E-state index in [1.165, 1.54) is 0 Å². The predicted octanol–water partition coefficient (Wildman–Crippen LogP) is 2.05. The summed E-state index contributed by atoms with van der Waals surface area (Å²) in [4.78, 5) is 4.44. The molecule has 3 N–H and O–H groups in total. The molecule has 2 aromatic rings. The minimum Gasteiger partial charge on any atom is -0.318 e. The summed E-state index contributed by atoms with van der Waals surface area (Å²) in [6.45, 7) is 4.30. The lowest BCUT2D eigenvalue weighted by atomic mass is 10.1. The molecule has 1 heterocycles. The third-order valence-corrected chi connectivity index (χ3v) is 2.59. The van der Waals surface area contributed by atoms with Gasteiger partial charge in [-0.25, -0.2) is 4.98 Å². The number of rotatable bonds is 4. The summed E-state index contributed by atoms with van der Waals surface area (Å²) < 4.78 is 0. The van der Waals surface area contributed by atoms with Crippen LogP contribution in [-0.2, 0) is 6.42 Å². The Hall–Kier alpha value is -1.68. The van der Waals surface area contributed by atoms with Gasteiger partial charge >= 0.3 is 0 Å². The molecule has 0 radical (unpaired) electrons. The van der Waals surface area contributed by atoms with Gasteiger partial charge in [-0.3, -0.25) is 5.10 Å². The molecule has 90 valence electrons. The molecule has 4 nitrogen and oxygen atoms in total. The second-order valence-electron chi connectivity index (χ2n) is 4.63. The van der Waals surface area contributed by atoms with Crippen LogP contribution in [0.5, 0.6) is 0 Å². The molecule has 0 fully saturated rings. The quantitative estimate of drug-likeness (QED) is 0.844. The normalized spacial score (nSPS) is 12.9. The SMILES string of the molecule is CC(C)Cc1nc(C(N)c2ccccc2)n[nH]1. The van der Waals surface area contributed by atoms with Gasteiger partial charge in [0.1, 0.15) is 5.82 Å². The average molecular weight is 230 g/mol. The lowest BCUT2D eigenvalue weighted by molar-refractivity contribution is 0.622. The van der Waals surface area contributed by atoms with Crippen LogP contribution >= 0.6 is 0 Å². The maximum absolute atomic E-state index is 6.12. The fourth-order valence-electron chi connectivity index (χ4n) is 1.74. The maximum atomic E-state index is 6.12. The van der Waals surface area contributed by atoms with Gasteiger partial charge < -0.3 is 5.73 Å². The summed E-state index contributed by atoms with van der Waals surface area (Å²) in [5.74, 6) is 2.12. The standard InChI is InChI=1S/C13H18N4/c1-9(2)8-11-15-13(17-16-11)12(14)10-6-4-3-5-7-10/h3-7,9,12H,8,14H2,1-2H3,(H,15,16,17). The Kier molecular flexibility index (Phi) is 3.54. The van der Waals surface area contributed by atoms with Crippen molar-refractivity contribution in [3.05, 3.63) is 47.5 Å². The van der Waals surface area contributed by atoms with Gasteiger partial charge in [0.05, 0.1) is 6.04 Å². The number of nitrogens with one attached hydrogen (secondary N) is 1. The number of H-pyrrole nitrogens is 1. The third kappa shape index (κ3) is 2.91. The number of aromatic nitrogens is 3. The van der Waals surface area contributed by atoms with E-state index in [0.717, 1.165) is 17.8 Å². The first-order chi connectivity index (χ1) is 8.16. The molecule has 0 bridgehead atoms. The Balaban J connectivity index is 2.15. The van der Waals surface area contributed by atoms with Crippen LogP contribution in [0.1, 0.15) is 37.1 Å². The van der Waals surface area contributed by atoms with E-state index in [0.29, 0.717) is 11.7 Å². The summed E-state index contributed by atoms with van der Waals surface area (Å²) in [5, 5.41) is 7.13. The number of hydrogen-bond acceptors (Lipinski definition) is 3. The lowest BCUT2D eigenvalue weighted by Crippen LogP contribution is -2.13. The molecule has 0 aliphatic heterocycles. The fourth-order valence-corrected chi connectivity index (χ4v) is 1.74. The number of nitrogens with zero attached hydrogens (tertiary/aromatic N) is 2. The average Bonchev–Trinajstić information content (AvgIpc) is 2.77. The predicted molar refractivity (Wildman–Crippen MR) is 67.4 cm³/mol. The molecule has 17 heavy (non-hydrogen) atoms. The van der Waals surface area contributed by atoms with Gasteiger partial charge in [-0.2, -0.15) is 5.10 Å². The fraction of sp³-hybridized carbons (Fsp3) is 0.385. The highest BCUT2D eigenvalue weighted by Gasteiger charge is 2.14. The number of nitrogens with two attached hydrogens (primary N) is 1. The Morgan fingerprint density at radius 3 is 2.59 bits per heavy atom. The molecular formula is C13H18N4. The molecule has 1 aromatic carbocycles. The van der Waals surface area contributed by atoms with Crippen molar-refractivity contribution in [2.45, 2.75) is 26.3 Å². The molecule has 1 unspecified atom stereocenters. The van der Waals surface area contributed by atoms with Crippen molar-refractivity contribution in [1.29, 1.82) is 0 Å². The number of aromatic amines is 1. The maximum Gasteiger partial charge on any atom is 0.171 e. The van der Waals surface area contributed by atoms with Gasteiger partial charge in [0.15, 0.2) is 5.82 Å². The van der Waals surface area contributed by atoms with Gasteiger partial charge in [-0.1, -0.05) is 44.2 Å². The van der Waals surface area contributed by atoms with E-state index in [2.05, 4.69) is 29.0 Å². The zero-order valence-electron chi connectivity index (χ0n) is 10.2. The van der Waals surface area contributed by atoms with Gasteiger partial charge in [0, 0.05) is 6.42 Å². The van der Waals surface area contributed by atoms with Crippen molar-refractivity contribution in [2.24, 2.45) is 11.7 Å². The van der Waals surface area contributed by atoms with Gasteiger partial charge in [0.2, 0.25) is 0 Å². The largest absolute Gasteiger partial charge is 0.318 e. The molecule has 0 aliphatic rings. The highest BCUT2D eigenvalue weighted by atomic mass is 15.2. The van der Waals surface area contributed by atoms with Crippen LogP contribution < -0.4 is 5.73 Å². The van der Waals surface area contributed by atoms with Crippen LogP contribution in [0, 0.1) is 5.92 Å². The first kappa shape index (κ1) is 11.8. The lowest BCUT2D eigenvalue weighted by Gasteiger charge is -2.06. The van der Waals surface area contributed by atoms with E-state index in [4.69, 9.17) is 5.73 Å². The molecular weight excluding hydrogens is 212 g/mol. The zero-order chi connectivity index (χ0) is 12.3. The van der Waals surface area contributed by atoms with Crippen molar-refractivity contribution in [3.8, 4) is 0 Å². The molecule has 0 saturated heterocycles. The van der Waals surface area contributed by atoms with Crippen LogP contribution in [0.15, 0.2) is 30.3 Å². The molecule has 2 rings (SSSR count). The van der Waals surface area contributed by atoms with Crippen molar-refractivity contribution >= 4 is 0 Å². The molecule has 1 atom stereocenters. The van der Waals surface area contributed by atoms with Crippen LogP contribution in [0.4, 0.5) is 0 Å². The molecule has 0 spiro atoms. The van der Waals surface area contributed by atoms with E-state index in [-0.39, 0.29) is 6.04 Å². The minimum atomic E-state index is -0.256. The summed E-state index contributed by atoms with van der Waals surface area (Å²) in [7, 11) is 0. The minimum absolute atomic E-state index is 0.256. The van der Waals surface area contributed by atoms with E-state index in [1.807, 2.05) is 30.3 Å². The van der Waals surface area contributed by atoms with Crippen LogP contribution in [0.25, 0.3) is 0 Å². The summed E-state index contributed by atoms with van der Waals surface area (Å²) in [6, 6.07) is 9.63. The van der Waals surface area contributed by atoms with E-state index in [1.54, 1.807) is 0 Å². The summed E-state index contributed by atoms with van der Waals surface area (Å²) in [6.07, 6.45) is 0.897. The van der Waals surface area contributed by atoms with Gasteiger partial charge in [0.25, 0.3) is 0 Å². The van der Waals surface area contributed by atoms with Gasteiger partial charge in [-0.05, 0) is 11.5 Å². The Bertz CT molecular complexity index is 461. The number of benzene rings is 1. The van der Waals surface area contributed by atoms with Crippen molar-refractivity contribution < 1.29 is 0 Å². The highest BCUT2D eigenvalue weighted by Crippen LogP contribution is 2.16. The van der Waals surface area contributed by atoms with E-state index >= 15 is 0 Å². The van der Waals surface area contributed by atoms with Crippen molar-refractivity contribution in [3.63, 3.8) is 0 Å². The summed E-state index contributed by atoms with van der Waals surface area (Å²) >= 11 is 0. The monoisotopic (exact) mass is 230 g/mol. The van der Waals surface area contributed by atoms with Crippen molar-refractivity contribution in [2.75, 3.05) is 0 Å². The summed E-state index contributed by atoms with van der Waals surface area (Å²) in [5.41, 5.74) is 7.15. The molecule has 0 saturated carbocycles. The second kappa shape index (κ2) is 5.10. The topological polar surface area (TPSA) is 67.6 Å². The number of hydrogen-bond donors (Lipinski definition) is 2. The first-order valence-corrected chi connectivity index (χ1v) is 5.88. The van der Waals surface area contributed by atoms with Crippen LogP contribution in [-0.4, -0.2) is 15.2 Å². The Morgan fingerprint density at radius 1 is 1.24 bits per heavy atom. The zero-order valence-corrected chi connectivity index (χ0v) is 10.2. The molecule has 1 aromatic heterocycles. The Labute approximate surface area is 101 Å². The van der Waals surface area contributed by atoms with Crippen molar-refractivity contribution in [1.82, 2.24) is 15.2 Å². The van der Waals surface area contributed by atoms with Crippen LogP contribution in [0.3, 0.4) is 0 Å². The van der Waals surface area contributed by atoms with Crippen LogP contribution in [0.2, 0.25) is 0 Å². The second-order valence-corrected chi connectivity index (χ2v) is 4.63. The van der Waals surface area contributed by atoms with E-state index < -0.39 is 0 Å². The molecule has 0 amide bonds. The highest BCUT2D eigenvalue weighted by molar-refractivity contribution is 5.23. The smallest absolute Gasteiger partial charge is 0.171 e. The third-order valence-electron chi connectivity index (χ3n) is 2.59. The first-order valence-electron chi connectivity index (χ1n) is 5.88. The van der Waals surface area contributed by atoms with Gasteiger partial charge in [-0.15, -0.1) is 0 Å². The van der Waals surface area contributed by atoms with E-state index in [9.17, 15) is 0 Å². The Morgan fingerprint density at radius 2 is 1.94 bits per heavy atom. The molecule has 4 heteroatoms. The molecule has 0 aliphatic carbocycles.